The van der Waals surface area contributed by atoms with E-state index in [-0.39, 0.29) is 0 Å². The van der Waals surface area contributed by atoms with Crippen LogP contribution in [0.25, 0.3) is 0 Å². The zero-order chi connectivity index (χ0) is 11.8. The van der Waals surface area contributed by atoms with Gasteiger partial charge in [-0.25, -0.2) is 0 Å². The predicted molar refractivity (Wildman–Crippen MR) is 66.3 cm³/mol. The van der Waals surface area contributed by atoms with Crippen LogP contribution in [0.3, 0.4) is 0 Å². The Balaban J connectivity index is 2.40. The van der Waals surface area contributed by atoms with Crippen LogP contribution in [0.15, 0.2) is 24.3 Å². The second-order valence-corrected chi connectivity index (χ2v) is 3.98. The van der Waals surface area contributed by atoms with Gasteiger partial charge in [0.25, 0.3) is 0 Å². The molecule has 0 aliphatic carbocycles. The highest BCUT2D eigenvalue weighted by atomic mass is 16.5. The summed E-state index contributed by atoms with van der Waals surface area (Å²) in [6.07, 6.45) is 1.02. The van der Waals surface area contributed by atoms with Gasteiger partial charge < -0.3 is 14.4 Å². The summed E-state index contributed by atoms with van der Waals surface area (Å²) >= 11 is 0. The standard InChI is InChI=1S/C13H21NO2/c1-4-9-15-12-6-5-7-13(11-12)16-10-8-14(2)3/h5-7,11H,4,8-10H2,1-3H3. The molecular formula is C13H21NO2. The van der Waals surface area contributed by atoms with Crippen LogP contribution in [-0.2, 0) is 0 Å². The molecule has 0 spiro atoms. The molecule has 0 bridgehead atoms. The van der Waals surface area contributed by atoms with Crippen LogP contribution in [0.2, 0.25) is 0 Å². The minimum atomic E-state index is 0.699. The first-order valence-electron chi connectivity index (χ1n) is 5.72. The summed E-state index contributed by atoms with van der Waals surface area (Å²) in [6, 6.07) is 7.80. The van der Waals surface area contributed by atoms with Gasteiger partial charge in [0, 0.05) is 12.6 Å². The third kappa shape index (κ3) is 5.03. The van der Waals surface area contributed by atoms with Crippen molar-refractivity contribution in [3.8, 4) is 11.5 Å². The first-order valence-corrected chi connectivity index (χ1v) is 5.72. The molecule has 3 heteroatoms. The smallest absolute Gasteiger partial charge is 0.123 e. The van der Waals surface area contributed by atoms with E-state index in [4.69, 9.17) is 9.47 Å². The molecule has 0 heterocycles. The van der Waals surface area contributed by atoms with E-state index < -0.39 is 0 Å². The average molecular weight is 223 g/mol. The van der Waals surface area contributed by atoms with Crippen molar-refractivity contribution in [2.45, 2.75) is 13.3 Å². The number of benzene rings is 1. The third-order valence-electron chi connectivity index (χ3n) is 2.09. The second kappa shape index (κ2) is 7.12. The Bertz CT molecular complexity index is 300. The number of hydrogen-bond donors (Lipinski definition) is 0. The van der Waals surface area contributed by atoms with E-state index in [0.29, 0.717) is 6.61 Å². The molecule has 1 rings (SSSR count). The fourth-order valence-corrected chi connectivity index (χ4v) is 1.22. The molecular weight excluding hydrogens is 202 g/mol. The Morgan fingerprint density at radius 3 is 2.25 bits per heavy atom. The first-order chi connectivity index (χ1) is 7.72. The van der Waals surface area contributed by atoms with Crippen molar-refractivity contribution in [3.05, 3.63) is 24.3 Å². The highest BCUT2D eigenvalue weighted by Crippen LogP contribution is 2.19. The summed E-state index contributed by atoms with van der Waals surface area (Å²) in [5, 5.41) is 0. The van der Waals surface area contributed by atoms with E-state index >= 15 is 0 Å². The van der Waals surface area contributed by atoms with Crippen molar-refractivity contribution in [2.24, 2.45) is 0 Å². The fraction of sp³-hybridized carbons (Fsp3) is 0.538. The minimum absolute atomic E-state index is 0.699. The van der Waals surface area contributed by atoms with Gasteiger partial charge in [-0.1, -0.05) is 13.0 Å². The zero-order valence-corrected chi connectivity index (χ0v) is 10.4. The lowest BCUT2D eigenvalue weighted by Crippen LogP contribution is -2.19. The summed E-state index contributed by atoms with van der Waals surface area (Å²) < 4.78 is 11.1. The predicted octanol–water partition coefficient (Wildman–Crippen LogP) is 2.42. The highest BCUT2D eigenvalue weighted by Gasteiger charge is 1.98. The number of likely N-dealkylation sites (N-methyl/N-ethyl adjacent to an activating group) is 1. The van der Waals surface area contributed by atoms with Crippen molar-refractivity contribution < 1.29 is 9.47 Å². The van der Waals surface area contributed by atoms with Gasteiger partial charge in [0.1, 0.15) is 18.1 Å². The molecule has 1 aromatic carbocycles. The first kappa shape index (κ1) is 12.8. The summed E-state index contributed by atoms with van der Waals surface area (Å²) in [5.74, 6) is 1.75. The average Bonchev–Trinajstić information content (AvgIpc) is 2.26. The SMILES string of the molecule is CCCOc1cccc(OCCN(C)C)c1. The van der Waals surface area contributed by atoms with E-state index in [1.165, 1.54) is 0 Å². The molecule has 3 nitrogen and oxygen atoms in total. The number of rotatable bonds is 7. The van der Waals surface area contributed by atoms with Crippen LogP contribution in [0, 0.1) is 0 Å². The fourth-order valence-electron chi connectivity index (χ4n) is 1.22. The second-order valence-electron chi connectivity index (χ2n) is 3.98. The largest absolute Gasteiger partial charge is 0.493 e. The van der Waals surface area contributed by atoms with Crippen LogP contribution < -0.4 is 9.47 Å². The Hall–Kier alpha value is -1.22. The van der Waals surface area contributed by atoms with Crippen LogP contribution in [0.1, 0.15) is 13.3 Å². The van der Waals surface area contributed by atoms with E-state index in [2.05, 4.69) is 11.8 Å². The van der Waals surface area contributed by atoms with Crippen molar-refractivity contribution in [1.82, 2.24) is 4.90 Å². The summed E-state index contributed by atoms with van der Waals surface area (Å²) in [6.45, 7) is 4.46. The lowest BCUT2D eigenvalue weighted by molar-refractivity contribution is 0.259. The maximum absolute atomic E-state index is 5.62. The maximum atomic E-state index is 5.62. The van der Waals surface area contributed by atoms with Crippen molar-refractivity contribution in [1.29, 1.82) is 0 Å². The Kier molecular flexibility index (Phi) is 5.72. The van der Waals surface area contributed by atoms with Crippen LogP contribution in [-0.4, -0.2) is 38.8 Å². The van der Waals surface area contributed by atoms with E-state index in [1.807, 2.05) is 38.4 Å². The van der Waals surface area contributed by atoms with Crippen molar-refractivity contribution >= 4 is 0 Å². The molecule has 1 aromatic rings. The molecule has 0 unspecified atom stereocenters. The van der Waals surface area contributed by atoms with Gasteiger partial charge in [-0.05, 0) is 32.6 Å². The Morgan fingerprint density at radius 1 is 1.06 bits per heavy atom. The van der Waals surface area contributed by atoms with Crippen LogP contribution in [0.4, 0.5) is 0 Å². The lowest BCUT2D eigenvalue weighted by atomic mass is 10.3. The molecule has 0 fully saturated rings. The molecule has 0 aromatic heterocycles. The van der Waals surface area contributed by atoms with Gasteiger partial charge in [-0.2, -0.15) is 0 Å². The summed E-state index contributed by atoms with van der Waals surface area (Å²) in [7, 11) is 4.06. The van der Waals surface area contributed by atoms with E-state index in [1.54, 1.807) is 0 Å². The van der Waals surface area contributed by atoms with E-state index in [9.17, 15) is 0 Å². The van der Waals surface area contributed by atoms with Gasteiger partial charge in [0.15, 0.2) is 0 Å². The molecule has 16 heavy (non-hydrogen) atoms. The topological polar surface area (TPSA) is 21.7 Å². The normalized spacial score (nSPS) is 10.5. The summed E-state index contributed by atoms with van der Waals surface area (Å²) in [4.78, 5) is 2.09. The molecule has 90 valence electrons. The van der Waals surface area contributed by atoms with Crippen LogP contribution in [0.5, 0.6) is 11.5 Å². The maximum Gasteiger partial charge on any atom is 0.123 e. The summed E-state index contributed by atoms with van der Waals surface area (Å²) in [5.41, 5.74) is 0. The van der Waals surface area contributed by atoms with Crippen molar-refractivity contribution in [3.63, 3.8) is 0 Å². The molecule has 0 atom stereocenters. The van der Waals surface area contributed by atoms with Crippen LogP contribution >= 0.6 is 0 Å². The monoisotopic (exact) mass is 223 g/mol. The van der Waals surface area contributed by atoms with Gasteiger partial charge in [0.05, 0.1) is 6.61 Å². The quantitative estimate of drug-likeness (QED) is 0.708. The third-order valence-corrected chi connectivity index (χ3v) is 2.09. The van der Waals surface area contributed by atoms with Gasteiger partial charge in [-0.15, -0.1) is 0 Å². The van der Waals surface area contributed by atoms with Gasteiger partial charge >= 0.3 is 0 Å². The molecule has 0 aliphatic rings. The lowest BCUT2D eigenvalue weighted by Gasteiger charge is -2.12. The Morgan fingerprint density at radius 2 is 1.69 bits per heavy atom. The number of nitrogens with zero attached hydrogens (tertiary/aromatic N) is 1. The zero-order valence-electron chi connectivity index (χ0n) is 10.4. The molecule has 0 radical (unpaired) electrons. The molecule has 0 saturated carbocycles. The van der Waals surface area contributed by atoms with Gasteiger partial charge in [-0.3, -0.25) is 0 Å². The molecule has 0 aliphatic heterocycles. The molecule has 0 saturated heterocycles. The number of ether oxygens (including phenoxy) is 2. The Labute approximate surface area is 98.0 Å². The van der Waals surface area contributed by atoms with E-state index in [0.717, 1.165) is 31.1 Å². The van der Waals surface area contributed by atoms with Crippen molar-refractivity contribution in [2.75, 3.05) is 33.9 Å². The molecule has 0 N–H and O–H groups in total. The number of hydrogen-bond acceptors (Lipinski definition) is 3. The highest BCUT2D eigenvalue weighted by molar-refractivity contribution is 5.32. The molecule has 0 amide bonds. The minimum Gasteiger partial charge on any atom is -0.493 e. The van der Waals surface area contributed by atoms with Gasteiger partial charge in [0.2, 0.25) is 0 Å².